The average Bonchev–Trinajstić information content (AvgIpc) is 3.38. The van der Waals surface area contributed by atoms with E-state index in [0.29, 0.717) is 43.5 Å². The lowest BCUT2D eigenvalue weighted by Gasteiger charge is -2.35. The second kappa shape index (κ2) is 11.1. The van der Waals surface area contributed by atoms with Crippen LogP contribution in [0, 0.1) is 0 Å². The highest BCUT2D eigenvalue weighted by Crippen LogP contribution is 2.29. The normalized spacial score (nSPS) is 14.3. The maximum absolute atomic E-state index is 13.1. The largest absolute Gasteiger partial charge is 0.494 e. The van der Waals surface area contributed by atoms with Crippen molar-refractivity contribution in [3.8, 4) is 16.9 Å². The predicted molar refractivity (Wildman–Crippen MR) is 147 cm³/mol. The SMILES string of the molecule is CCOc1cccc(-c2csc(C(=O)N3CCN(c4ccc(C(=O)NS(=O)(=O)C(C)(C)C)nn4)CC3)c2)c1. The fourth-order valence-electron chi connectivity index (χ4n) is 3.77. The molecule has 1 aliphatic rings. The standard InChI is InChI=1S/C26H31N5O5S2/c1-5-36-20-8-6-7-18(15-20)19-16-22(37-17-19)25(33)31-13-11-30(12-14-31)23-10-9-21(27-28-23)24(32)29-38(34,35)26(2,3)4/h6-10,15-17H,5,11-14H2,1-4H3,(H,29,32). The molecule has 0 saturated carbocycles. The highest BCUT2D eigenvalue weighted by molar-refractivity contribution is 7.91. The van der Waals surface area contributed by atoms with E-state index in [1.807, 2.05) is 57.2 Å². The minimum Gasteiger partial charge on any atom is -0.494 e. The quantitative estimate of drug-likeness (QED) is 0.469. The van der Waals surface area contributed by atoms with E-state index < -0.39 is 20.7 Å². The molecule has 1 N–H and O–H groups in total. The number of hydrogen-bond acceptors (Lipinski definition) is 9. The maximum atomic E-state index is 13.1. The molecule has 0 bridgehead atoms. The van der Waals surface area contributed by atoms with Crippen LogP contribution in [0.3, 0.4) is 0 Å². The van der Waals surface area contributed by atoms with Crippen LogP contribution in [0.4, 0.5) is 5.82 Å². The number of nitrogens with one attached hydrogen (secondary N) is 1. The van der Waals surface area contributed by atoms with Gasteiger partial charge in [0.05, 0.1) is 16.2 Å². The molecule has 0 unspecified atom stereocenters. The summed E-state index contributed by atoms with van der Waals surface area (Å²) in [7, 11) is -3.85. The van der Waals surface area contributed by atoms with E-state index in [0.717, 1.165) is 16.9 Å². The Balaban J connectivity index is 1.35. The zero-order valence-electron chi connectivity index (χ0n) is 21.8. The van der Waals surface area contributed by atoms with Crippen molar-refractivity contribution < 1.29 is 22.7 Å². The van der Waals surface area contributed by atoms with Gasteiger partial charge in [-0.2, -0.15) is 0 Å². The Labute approximate surface area is 226 Å². The number of nitrogens with zero attached hydrogens (tertiary/aromatic N) is 4. The maximum Gasteiger partial charge on any atom is 0.285 e. The molecule has 0 radical (unpaired) electrons. The summed E-state index contributed by atoms with van der Waals surface area (Å²) >= 11 is 1.42. The number of ether oxygens (including phenoxy) is 1. The number of aromatic nitrogens is 2. The zero-order chi connectivity index (χ0) is 27.5. The third-order valence-electron chi connectivity index (χ3n) is 6.10. The fraction of sp³-hybridized carbons (Fsp3) is 0.385. The molecule has 12 heteroatoms. The van der Waals surface area contributed by atoms with Crippen molar-refractivity contribution in [2.24, 2.45) is 0 Å². The van der Waals surface area contributed by atoms with E-state index in [2.05, 4.69) is 10.2 Å². The summed E-state index contributed by atoms with van der Waals surface area (Å²) in [6.45, 7) is 9.17. The Morgan fingerprint density at radius 3 is 2.39 bits per heavy atom. The van der Waals surface area contributed by atoms with Gasteiger partial charge >= 0.3 is 0 Å². The molecule has 3 heterocycles. The van der Waals surface area contributed by atoms with Gasteiger partial charge in [0.15, 0.2) is 11.5 Å². The van der Waals surface area contributed by atoms with E-state index in [9.17, 15) is 18.0 Å². The summed E-state index contributed by atoms with van der Waals surface area (Å²) in [5, 5.41) is 10.0. The third kappa shape index (κ3) is 6.13. The van der Waals surface area contributed by atoms with Gasteiger partial charge in [-0.3, -0.25) is 9.59 Å². The van der Waals surface area contributed by atoms with Crippen molar-refractivity contribution in [2.45, 2.75) is 32.4 Å². The number of carbonyl (C=O) groups is 2. The Morgan fingerprint density at radius 2 is 1.76 bits per heavy atom. The van der Waals surface area contributed by atoms with E-state index in [4.69, 9.17) is 4.74 Å². The molecule has 38 heavy (non-hydrogen) atoms. The van der Waals surface area contributed by atoms with E-state index in [-0.39, 0.29) is 11.6 Å². The minimum atomic E-state index is -3.85. The van der Waals surface area contributed by atoms with Gasteiger partial charge in [0.25, 0.3) is 11.8 Å². The molecule has 4 rings (SSSR count). The van der Waals surface area contributed by atoms with Gasteiger partial charge < -0.3 is 14.5 Å². The number of amides is 2. The fourth-order valence-corrected chi connectivity index (χ4v) is 5.31. The Morgan fingerprint density at radius 1 is 1.03 bits per heavy atom. The van der Waals surface area contributed by atoms with Gasteiger partial charge in [0, 0.05) is 26.2 Å². The molecule has 10 nitrogen and oxygen atoms in total. The predicted octanol–water partition coefficient (Wildman–Crippen LogP) is 3.42. The molecule has 0 spiro atoms. The van der Waals surface area contributed by atoms with Crippen LogP contribution in [0.1, 0.15) is 47.9 Å². The number of hydrogen-bond donors (Lipinski definition) is 1. The van der Waals surface area contributed by atoms with Crippen molar-refractivity contribution in [2.75, 3.05) is 37.7 Å². The second-order valence-electron chi connectivity index (χ2n) is 9.76. The smallest absolute Gasteiger partial charge is 0.285 e. The first-order chi connectivity index (χ1) is 18.0. The minimum absolute atomic E-state index is 0.0139. The van der Waals surface area contributed by atoms with Gasteiger partial charge in [-0.15, -0.1) is 21.5 Å². The van der Waals surface area contributed by atoms with Gasteiger partial charge in [0.1, 0.15) is 5.75 Å². The van der Waals surface area contributed by atoms with Crippen LogP contribution in [0.2, 0.25) is 0 Å². The molecule has 2 amide bonds. The molecule has 1 fully saturated rings. The monoisotopic (exact) mass is 557 g/mol. The van der Waals surface area contributed by atoms with Gasteiger partial charge in [-0.25, -0.2) is 13.1 Å². The summed E-state index contributed by atoms with van der Waals surface area (Å²) < 4.78 is 30.9. The van der Waals surface area contributed by atoms with Crippen LogP contribution in [-0.2, 0) is 10.0 Å². The number of anilines is 1. The van der Waals surface area contributed by atoms with Crippen molar-refractivity contribution in [3.63, 3.8) is 0 Å². The molecule has 1 aromatic carbocycles. The third-order valence-corrected chi connectivity index (χ3v) is 9.08. The molecule has 1 saturated heterocycles. The van der Waals surface area contributed by atoms with Crippen molar-refractivity contribution in [1.29, 1.82) is 0 Å². The highest BCUT2D eigenvalue weighted by atomic mass is 32.2. The lowest BCUT2D eigenvalue weighted by molar-refractivity contribution is 0.0751. The lowest BCUT2D eigenvalue weighted by atomic mass is 10.1. The number of thiophene rings is 1. The molecule has 3 aromatic rings. The highest BCUT2D eigenvalue weighted by Gasteiger charge is 2.31. The van der Waals surface area contributed by atoms with Crippen LogP contribution in [0.15, 0.2) is 47.8 Å². The van der Waals surface area contributed by atoms with E-state index >= 15 is 0 Å². The summed E-state index contributed by atoms with van der Waals surface area (Å²) in [5.74, 6) is 0.515. The van der Waals surface area contributed by atoms with Crippen LogP contribution in [0.5, 0.6) is 5.75 Å². The molecule has 0 aliphatic carbocycles. The molecule has 1 aliphatic heterocycles. The van der Waals surface area contributed by atoms with E-state index in [1.54, 1.807) is 6.07 Å². The molecule has 0 atom stereocenters. The number of rotatable bonds is 7. The average molecular weight is 558 g/mol. The summed E-state index contributed by atoms with van der Waals surface area (Å²) in [4.78, 5) is 29.9. The number of benzene rings is 1. The van der Waals surface area contributed by atoms with Crippen LogP contribution in [0.25, 0.3) is 11.1 Å². The molecular formula is C26H31N5O5S2. The molecule has 202 valence electrons. The first-order valence-corrected chi connectivity index (χ1v) is 14.6. The van der Waals surface area contributed by atoms with Gasteiger partial charge in [-0.1, -0.05) is 12.1 Å². The lowest BCUT2D eigenvalue weighted by Crippen LogP contribution is -2.49. The Bertz CT molecular complexity index is 1410. The topological polar surface area (TPSA) is 122 Å². The van der Waals surface area contributed by atoms with Crippen LogP contribution < -0.4 is 14.4 Å². The molecule has 2 aromatic heterocycles. The Hall–Kier alpha value is -3.51. The van der Waals surface area contributed by atoms with Gasteiger partial charge in [0.2, 0.25) is 10.0 Å². The van der Waals surface area contributed by atoms with Crippen molar-refractivity contribution in [3.05, 3.63) is 58.4 Å². The number of piperazine rings is 1. The van der Waals surface area contributed by atoms with Crippen LogP contribution in [-0.4, -0.2) is 72.9 Å². The molecular weight excluding hydrogens is 526 g/mol. The summed E-state index contributed by atoms with van der Waals surface area (Å²) in [6.07, 6.45) is 0. The van der Waals surface area contributed by atoms with Crippen LogP contribution >= 0.6 is 11.3 Å². The summed E-state index contributed by atoms with van der Waals surface area (Å²) in [5.41, 5.74) is 1.90. The number of sulfonamides is 1. The zero-order valence-corrected chi connectivity index (χ0v) is 23.4. The Kier molecular flexibility index (Phi) is 8.02. The van der Waals surface area contributed by atoms with Gasteiger partial charge in [-0.05, 0) is 74.5 Å². The number of carbonyl (C=O) groups excluding carboxylic acids is 2. The second-order valence-corrected chi connectivity index (χ2v) is 13.1. The summed E-state index contributed by atoms with van der Waals surface area (Å²) in [6, 6.07) is 12.8. The first kappa shape index (κ1) is 27.5. The van der Waals surface area contributed by atoms with Crippen molar-refractivity contribution >= 4 is 39.0 Å². The van der Waals surface area contributed by atoms with Crippen molar-refractivity contribution in [1.82, 2.24) is 19.8 Å². The first-order valence-electron chi connectivity index (χ1n) is 12.2. The van der Waals surface area contributed by atoms with E-state index in [1.165, 1.54) is 38.2 Å².